The highest BCUT2D eigenvalue weighted by Gasteiger charge is 2.04. The Morgan fingerprint density at radius 1 is 1.40 bits per heavy atom. The summed E-state index contributed by atoms with van der Waals surface area (Å²) in [5.74, 6) is 0. The van der Waals surface area contributed by atoms with E-state index in [1.807, 2.05) is 31.2 Å². The Morgan fingerprint density at radius 3 is 2.53 bits per heavy atom. The highest BCUT2D eigenvalue weighted by molar-refractivity contribution is 9.10. The standard InChI is InChI=1S/C11H15BrN2O/c1-3-14(2)11(15)13-8-9-4-6-10(12)7-5-9/h4-7H,3,8H2,1-2H3,(H,13,15). The fraction of sp³-hybridized carbons (Fsp3) is 0.364. The smallest absolute Gasteiger partial charge is 0.317 e. The number of nitrogens with zero attached hydrogens (tertiary/aromatic N) is 1. The fourth-order valence-electron chi connectivity index (χ4n) is 1.06. The molecule has 0 aliphatic rings. The van der Waals surface area contributed by atoms with Gasteiger partial charge in [-0.15, -0.1) is 0 Å². The molecule has 1 N–H and O–H groups in total. The zero-order valence-corrected chi connectivity index (χ0v) is 10.5. The highest BCUT2D eigenvalue weighted by atomic mass is 79.9. The lowest BCUT2D eigenvalue weighted by atomic mass is 10.2. The van der Waals surface area contributed by atoms with E-state index in [0.29, 0.717) is 13.1 Å². The number of halogens is 1. The quantitative estimate of drug-likeness (QED) is 0.900. The summed E-state index contributed by atoms with van der Waals surface area (Å²) in [7, 11) is 1.77. The molecule has 0 heterocycles. The Hall–Kier alpha value is -1.03. The Labute approximate surface area is 98.6 Å². The summed E-state index contributed by atoms with van der Waals surface area (Å²) >= 11 is 3.36. The second-order valence-electron chi connectivity index (χ2n) is 3.30. The molecule has 0 radical (unpaired) electrons. The van der Waals surface area contributed by atoms with Crippen molar-refractivity contribution >= 4 is 22.0 Å². The largest absolute Gasteiger partial charge is 0.334 e. The first-order valence-corrected chi connectivity index (χ1v) is 5.66. The van der Waals surface area contributed by atoms with Gasteiger partial charge in [0.05, 0.1) is 0 Å². The predicted octanol–water partition coefficient (Wildman–Crippen LogP) is 2.61. The summed E-state index contributed by atoms with van der Waals surface area (Å²) in [5, 5.41) is 2.84. The summed E-state index contributed by atoms with van der Waals surface area (Å²) in [6.45, 7) is 3.22. The Kier molecular flexibility index (Phi) is 4.62. The molecule has 0 aromatic heterocycles. The molecule has 0 atom stereocenters. The van der Waals surface area contributed by atoms with Crippen molar-refractivity contribution in [1.29, 1.82) is 0 Å². The van der Waals surface area contributed by atoms with Crippen molar-refractivity contribution in [3.8, 4) is 0 Å². The first-order chi connectivity index (χ1) is 7.13. The molecule has 0 unspecified atom stereocenters. The van der Waals surface area contributed by atoms with E-state index in [-0.39, 0.29) is 6.03 Å². The molecule has 0 spiro atoms. The number of carbonyl (C=O) groups is 1. The number of benzene rings is 1. The number of hydrogen-bond donors (Lipinski definition) is 1. The zero-order chi connectivity index (χ0) is 11.3. The Morgan fingerprint density at radius 2 is 2.00 bits per heavy atom. The van der Waals surface area contributed by atoms with Crippen molar-refractivity contribution in [3.05, 3.63) is 34.3 Å². The minimum Gasteiger partial charge on any atom is -0.334 e. The Bertz CT molecular complexity index is 324. The van der Waals surface area contributed by atoms with Gasteiger partial charge in [-0.05, 0) is 24.6 Å². The third kappa shape index (κ3) is 3.91. The molecule has 15 heavy (non-hydrogen) atoms. The number of nitrogens with one attached hydrogen (secondary N) is 1. The summed E-state index contributed by atoms with van der Waals surface area (Å²) in [6.07, 6.45) is 0. The molecular formula is C11H15BrN2O. The van der Waals surface area contributed by atoms with Gasteiger partial charge in [-0.2, -0.15) is 0 Å². The topological polar surface area (TPSA) is 32.3 Å². The Balaban J connectivity index is 2.43. The average Bonchev–Trinajstić information content (AvgIpc) is 2.26. The van der Waals surface area contributed by atoms with Crippen molar-refractivity contribution in [1.82, 2.24) is 10.2 Å². The van der Waals surface area contributed by atoms with Crippen LogP contribution in [-0.4, -0.2) is 24.5 Å². The van der Waals surface area contributed by atoms with Crippen molar-refractivity contribution in [2.75, 3.05) is 13.6 Å². The van der Waals surface area contributed by atoms with Crippen LogP contribution in [-0.2, 0) is 6.54 Å². The first-order valence-electron chi connectivity index (χ1n) is 4.87. The van der Waals surface area contributed by atoms with Crippen LogP contribution in [0.15, 0.2) is 28.7 Å². The molecule has 1 rings (SSSR count). The maximum absolute atomic E-state index is 11.4. The lowest BCUT2D eigenvalue weighted by Gasteiger charge is -2.15. The van der Waals surface area contributed by atoms with Crippen molar-refractivity contribution in [2.24, 2.45) is 0 Å². The maximum Gasteiger partial charge on any atom is 0.317 e. The minimum atomic E-state index is -0.0413. The van der Waals surface area contributed by atoms with Crippen LogP contribution in [0.1, 0.15) is 12.5 Å². The average molecular weight is 271 g/mol. The zero-order valence-electron chi connectivity index (χ0n) is 8.96. The molecule has 0 fully saturated rings. The number of amides is 2. The van der Waals surface area contributed by atoms with E-state index in [2.05, 4.69) is 21.2 Å². The van der Waals surface area contributed by atoms with Crippen LogP contribution in [0.4, 0.5) is 4.79 Å². The van der Waals surface area contributed by atoms with Crippen LogP contribution in [0, 0.1) is 0 Å². The molecule has 0 saturated heterocycles. The van der Waals surface area contributed by atoms with Gasteiger partial charge in [0.15, 0.2) is 0 Å². The maximum atomic E-state index is 11.4. The van der Waals surface area contributed by atoms with E-state index in [4.69, 9.17) is 0 Å². The van der Waals surface area contributed by atoms with Crippen LogP contribution in [0.5, 0.6) is 0 Å². The van der Waals surface area contributed by atoms with E-state index in [1.54, 1.807) is 11.9 Å². The third-order valence-corrected chi connectivity index (χ3v) is 2.71. The summed E-state index contributed by atoms with van der Waals surface area (Å²) < 4.78 is 1.04. The van der Waals surface area contributed by atoms with Crippen LogP contribution >= 0.6 is 15.9 Å². The highest BCUT2D eigenvalue weighted by Crippen LogP contribution is 2.10. The van der Waals surface area contributed by atoms with Crippen molar-refractivity contribution in [2.45, 2.75) is 13.5 Å². The van der Waals surface area contributed by atoms with Crippen molar-refractivity contribution in [3.63, 3.8) is 0 Å². The molecule has 4 heteroatoms. The van der Waals surface area contributed by atoms with Crippen molar-refractivity contribution < 1.29 is 4.79 Å². The molecule has 3 nitrogen and oxygen atoms in total. The van der Waals surface area contributed by atoms with Gasteiger partial charge in [-0.3, -0.25) is 0 Å². The number of carbonyl (C=O) groups excluding carboxylic acids is 1. The van der Waals surface area contributed by atoms with Gasteiger partial charge in [0, 0.05) is 24.6 Å². The van der Waals surface area contributed by atoms with Gasteiger partial charge in [-0.25, -0.2) is 4.79 Å². The molecule has 0 bridgehead atoms. The van der Waals surface area contributed by atoms with Crippen LogP contribution in [0.2, 0.25) is 0 Å². The molecule has 0 aliphatic carbocycles. The number of rotatable bonds is 3. The second kappa shape index (κ2) is 5.75. The molecule has 82 valence electrons. The summed E-state index contributed by atoms with van der Waals surface area (Å²) in [4.78, 5) is 13.1. The summed E-state index contributed by atoms with van der Waals surface area (Å²) in [6, 6.07) is 7.85. The molecule has 1 aromatic rings. The van der Waals surface area contributed by atoms with E-state index in [9.17, 15) is 4.79 Å². The monoisotopic (exact) mass is 270 g/mol. The fourth-order valence-corrected chi connectivity index (χ4v) is 1.32. The van der Waals surface area contributed by atoms with Gasteiger partial charge >= 0.3 is 6.03 Å². The molecular weight excluding hydrogens is 256 g/mol. The lowest BCUT2D eigenvalue weighted by molar-refractivity contribution is 0.210. The summed E-state index contributed by atoms with van der Waals surface area (Å²) in [5.41, 5.74) is 1.09. The third-order valence-electron chi connectivity index (χ3n) is 2.18. The van der Waals surface area contributed by atoms with Gasteiger partial charge < -0.3 is 10.2 Å². The first kappa shape index (κ1) is 12.0. The van der Waals surface area contributed by atoms with Gasteiger partial charge in [0.1, 0.15) is 0 Å². The van der Waals surface area contributed by atoms with Gasteiger partial charge in [-0.1, -0.05) is 28.1 Å². The van der Waals surface area contributed by atoms with Gasteiger partial charge in [0.2, 0.25) is 0 Å². The molecule has 0 saturated carbocycles. The normalized spacial score (nSPS) is 9.80. The van der Waals surface area contributed by atoms with Crippen LogP contribution in [0.3, 0.4) is 0 Å². The van der Waals surface area contributed by atoms with E-state index in [0.717, 1.165) is 10.0 Å². The van der Waals surface area contributed by atoms with Crippen LogP contribution in [0.25, 0.3) is 0 Å². The van der Waals surface area contributed by atoms with E-state index >= 15 is 0 Å². The number of urea groups is 1. The van der Waals surface area contributed by atoms with E-state index in [1.165, 1.54) is 0 Å². The number of hydrogen-bond acceptors (Lipinski definition) is 1. The molecule has 0 aliphatic heterocycles. The predicted molar refractivity (Wildman–Crippen MR) is 64.7 cm³/mol. The van der Waals surface area contributed by atoms with E-state index < -0.39 is 0 Å². The van der Waals surface area contributed by atoms with Gasteiger partial charge in [0.25, 0.3) is 0 Å². The SMILES string of the molecule is CCN(C)C(=O)NCc1ccc(Br)cc1. The van der Waals surface area contributed by atoms with Crippen LogP contribution < -0.4 is 5.32 Å². The second-order valence-corrected chi connectivity index (χ2v) is 4.22. The molecule has 2 amide bonds. The molecule has 1 aromatic carbocycles. The minimum absolute atomic E-state index is 0.0413. The lowest BCUT2D eigenvalue weighted by Crippen LogP contribution is -2.36.